The fourth-order valence-corrected chi connectivity index (χ4v) is 2.79. The van der Waals surface area contributed by atoms with Crippen LogP contribution in [0.25, 0.3) is 10.9 Å². The number of nitrogens with one attached hydrogen (secondary N) is 1. The van der Waals surface area contributed by atoms with Crippen LogP contribution in [-0.2, 0) is 5.66 Å². The van der Waals surface area contributed by atoms with E-state index in [0.29, 0.717) is 0 Å². The molecule has 1 fully saturated rings. The minimum absolute atomic E-state index is 0. The Morgan fingerprint density at radius 1 is 1.39 bits per heavy atom. The number of carbonyl (C=O) groups is 1. The van der Waals surface area contributed by atoms with Crippen LogP contribution in [0.1, 0.15) is 30.1 Å². The molecule has 1 aliphatic heterocycles. The third kappa shape index (κ3) is 1.84. The maximum atomic E-state index is 11.1. The molecule has 0 radical (unpaired) electrons. The molecule has 1 aromatic carbocycles. The van der Waals surface area contributed by atoms with Crippen molar-refractivity contribution in [2.24, 2.45) is 0 Å². The number of para-hydroxylation sites is 1. The molecule has 1 aromatic heterocycles. The number of aromatic nitrogens is 1. The molecule has 1 N–H and O–H groups in total. The van der Waals surface area contributed by atoms with E-state index in [0.717, 1.165) is 35.7 Å². The average Bonchev–Trinajstić information content (AvgIpc) is 2.94. The molecule has 1 atom stereocenters. The van der Waals surface area contributed by atoms with Gasteiger partial charge in [0.2, 0.25) is 0 Å². The Bertz CT molecular complexity index is 570. The molecule has 1 aliphatic rings. The highest BCUT2D eigenvalue weighted by Gasteiger charge is 2.31. The van der Waals surface area contributed by atoms with E-state index in [1.54, 1.807) is 0 Å². The third-order valence-corrected chi connectivity index (χ3v) is 3.75. The molecule has 0 unspecified atom stereocenters. The fraction of sp³-hybridized carbons (Fsp3) is 0.357. The topological polar surface area (TPSA) is 34.0 Å². The van der Waals surface area contributed by atoms with Gasteiger partial charge >= 0.3 is 0 Å². The summed E-state index contributed by atoms with van der Waals surface area (Å²) in [5.74, 6) is 0. The van der Waals surface area contributed by atoms with Crippen LogP contribution in [0.3, 0.4) is 0 Å². The molecule has 0 aliphatic carbocycles. The second-order valence-electron chi connectivity index (χ2n) is 4.89. The molecule has 0 bridgehead atoms. The van der Waals surface area contributed by atoms with Crippen LogP contribution < -0.4 is 5.32 Å². The third-order valence-electron chi connectivity index (χ3n) is 3.75. The highest BCUT2D eigenvalue weighted by atomic mass is 35.5. The molecule has 2 heterocycles. The van der Waals surface area contributed by atoms with E-state index in [2.05, 4.69) is 22.9 Å². The molecule has 0 amide bonds. The maximum Gasteiger partial charge on any atom is 0.152 e. The van der Waals surface area contributed by atoms with Gasteiger partial charge in [-0.2, -0.15) is 0 Å². The summed E-state index contributed by atoms with van der Waals surface area (Å²) in [6, 6.07) is 8.08. The van der Waals surface area contributed by atoms with Crippen molar-refractivity contribution in [2.75, 3.05) is 6.54 Å². The first-order valence-electron chi connectivity index (χ1n) is 6.05. The van der Waals surface area contributed by atoms with Crippen molar-refractivity contribution < 1.29 is 4.79 Å². The number of aldehydes is 1. The van der Waals surface area contributed by atoms with Gasteiger partial charge in [0.15, 0.2) is 6.29 Å². The molecular formula is C14H17ClN2O. The number of hydrogen-bond donors (Lipinski definition) is 1. The minimum atomic E-state index is -0.0547. The first kappa shape index (κ1) is 13.1. The van der Waals surface area contributed by atoms with Gasteiger partial charge < -0.3 is 4.57 Å². The first-order chi connectivity index (χ1) is 8.24. The highest BCUT2D eigenvalue weighted by molar-refractivity contribution is 5.97. The van der Waals surface area contributed by atoms with Crippen molar-refractivity contribution in [2.45, 2.75) is 25.4 Å². The number of nitrogens with zero attached hydrogens (tertiary/aromatic N) is 1. The number of carbonyl (C=O) groups excluding carboxylic acids is 1. The quantitative estimate of drug-likeness (QED) is 0.847. The normalized spacial score (nSPS) is 22.9. The summed E-state index contributed by atoms with van der Waals surface area (Å²) in [5, 5.41) is 4.57. The summed E-state index contributed by atoms with van der Waals surface area (Å²) in [5.41, 5.74) is 1.85. The molecule has 18 heavy (non-hydrogen) atoms. The lowest BCUT2D eigenvalue weighted by Crippen LogP contribution is -2.39. The molecule has 1 saturated heterocycles. The lowest BCUT2D eigenvalue weighted by Gasteiger charge is -2.27. The first-order valence-corrected chi connectivity index (χ1v) is 6.05. The van der Waals surface area contributed by atoms with Crippen molar-refractivity contribution in [3.8, 4) is 0 Å². The van der Waals surface area contributed by atoms with Crippen LogP contribution in [0, 0.1) is 0 Å². The largest absolute Gasteiger partial charge is 0.328 e. The molecule has 96 valence electrons. The van der Waals surface area contributed by atoms with E-state index in [1.165, 1.54) is 6.42 Å². The van der Waals surface area contributed by atoms with Crippen LogP contribution in [0.5, 0.6) is 0 Å². The molecular weight excluding hydrogens is 248 g/mol. The van der Waals surface area contributed by atoms with Crippen molar-refractivity contribution in [3.05, 3.63) is 36.0 Å². The summed E-state index contributed by atoms with van der Waals surface area (Å²) in [7, 11) is 0. The summed E-state index contributed by atoms with van der Waals surface area (Å²) in [4.78, 5) is 11.1. The van der Waals surface area contributed by atoms with E-state index in [9.17, 15) is 4.79 Å². The Kier molecular flexibility index (Phi) is 3.46. The van der Waals surface area contributed by atoms with Crippen LogP contribution >= 0.6 is 12.4 Å². The summed E-state index contributed by atoms with van der Waals surface area (Å²) < 4.78 is 2.21. The van der Waals surface area contributed by atoms with Crippen LogP contribution in [-0.4, -0.2) is 17.4 Å². The van der Waals surface area contributed by atoms with E-state index < -0.39 is 0 Å². The Morgan fingerprint density at radius 3 is 2.83 bits per heavy atom. The Labute approximate surface area is 113 Å². The van der Waals surface area contributed by atoms with Gasteiger partial charge in [-0.05, 0) is 32.4 Å². The summed E-state index contributed by atoms with van der Waals surface area (Å²) in [6.45, 7) is 3.24. The summed E-state index contributed by atoms with van der Waals surface area (Å²) >= 11 is 0. The molecule has 0 spiro atoms. The second kappa shape index (κ2) is 4.75. The lowest BCUT2D eigenvalue weighted by atomic mass is 10.1. The molecule has 3 nitrogen and oxygen atoms in total. The highest BCUT2D eigenvalue weighted by Crippen LogP contribution is 2.30. The van der Waals surface area contributed by atoms with E-state index in [-0.39, 0.29) is 18.1 Å². The van der Waals surface area contributed by atoms with Crippen LogP contribution in [0.4, 0.5) is 0 Å². The molecule has 2 aromatic rings. The van der Waals surface area contributed by atoms with Gasteiger partial charge in [-0.15, -0.1) is 12.4 Å². The number of benzene rings is 1. The van der Waals surface area contributed by atoms with Gasteiger partial charge in [0.05, 0.1) is 11.2 Å². The van der Waals surface area contributed by atoms with Crippen molar-refractivity contribution in [1.82, 2.24) is 9.88 Å². The molecule has 3 rings (SSSR count). The zero-order valence-electron chi connectivity index (χ0n) is 10.3. The molecule has 0 saturated carbocycles. The predicted molar refractivity (Wildman–Crippen MR) is 75.5 cm³/mol. The lowest BCUT2D eigenvalue weighted by molar-refractivity contribution is 0.112. The standard InChI is InChI=1S/C14H16N2O.ClH/c1-14(7-4-8-15-14)16-9-11(10-17)12-5-2-3-6-13(12)16;/h2-3,5-6,9-10,15H,4,7-8H2,1H3;1H/t14-;/m0./s1. The summed E-state index contributed by atoms with van der Waals surface area (Å²) in [6.07, 6.45) is 5.19. The van der Waals surface area contributed by atoms with Crippen LogP contribution in [0.2, 0.25) is 0 Å². The van der Waals surface area contributed by atoms with Crippen molar-refractivity contribution >= 4 is 29.6 Å². The van der Waals surface area contributed by atoms with E-state index in [1.807, 2.05) is 24.4 Å². The SMILES string of the molecule is C[C@]1(n2cc(C=O)c3ccccc32)CCCN1.Cl. The van der Waals surface area contributed by atoms with Gasteiger partial charge in [0.25, 0.3) is 0 Å². The Balaban J connectivity index is 0.00000120. The van der Waals surface area contributed by atoms with Gasteiger partial charge in [-0.3, -0.25) is 10.1 Å². The zero-order chi connectivity index (χ0) is 11.9. The van der Waals surface area contributed by atoms with Gasteiger partial charge in [0, 0.05) is 17.1 Å². The van der Waals surface area contributed by atoms with Crippen molar-refractivity contribution in [3.63, 3.8) is 0 Å². The van der Waals surface area contributed by atoms with Gasteiger partial charge in [0.1, 0.15) is 0 Å². The predicted octanol–water partition coefficient (Wildman–Crippen LogP) is 2.93. The maximum absolute atomic E-state index is 11.1. The smallest absolute Gasteiger partial charge is 0.152 e. The zero-order valence-corrected chi connectivity index (χ0v) is 11.2. The number of hydrogen-bond acceptors (Lipinski definition) is 2. The van der Waals surface area contributed by atoms with Crippen LogP contribution in [0.15, 0.2) is 30.5 Å². The van der Waals surface area contributed by atoms with Gasteiger partial charge in [-0.25, -0.2) is 0 Å². The Morgan fingerprint density at radius 2 is 2.17 bits per heavy atom. The minimum Gasteiger partial charge on any atom is -0.328 e. The number of fused-ring (bicyclic) bond motifs is 1. The number of halogens is 1. The molecule has 4 heteroatoms. The monoisotopic (exact) mass is 264 g/mol. The van der Waals surface area contributed by atoms with Gasteiger partial charge in [-0.1, -0.05) is 18.2 Å². The fourth-order valence-electron chi connectivity index (χ4n) is 2.79. The average molecular weight is 265 g/mol. The van der Waals surface area contributed by atoms with E-state index in [4.69, 9.17) is 0 Å². The Hall–Kier alpha value is -1.32. The second-order valence-corrected chi connectivity index (χ2v) is 4.89. The number of rotatable bonds is 2. The van der Waals surface area contributed by atoms with E-state index >= 15 is 0 Å². The van der Waals surface area contributed by atoms with Crippen molar-refractivity contribution in [1.29, 1.82) is 0 Å².